The molecule has 0 aliphatic carbocycles. The number of rotatable bonds is 7. The smallest absolute Gasteiger partial charge is 0.338 e. The summed E-state index contributed by atoms with van der Waals surface area (Å²) in [6, 6.07) is 12.0. The van der Waals surface area contributed by atoms with Crippen molar-refractivity contribution < 1.29 is 19.0 Å². The number of terminal acetylenes is 1. The van der Waals surface area contributed by atoms with Crippen LogP contribution in [0.25, 0.3) is 6.08 Å². The van der Waals surface area contributed by atoms with E-state index in [2.05, 4.69) is 26.8 Å². The molecule has 1 aliphatic heterocycles. The molecule has 3 aromatic rings. The fraction of sp³-hybridized carbons (Fsp3) is 0.222. The SMILES string of the molecule is C#CCOc1ccccc1/C=c1\sc2n(c1=O)[C@H](c1ccc(OC)c(Br)c1)C(C(=O)OCC)=C(C)N=2. The molecule has 184 valence electrons. The summed E-state index contributed by atoms with van der Waals surface area (Å²) in [7, 11) is 1.57. The molecule has 0 N–H and O–H groups in total. The van der Waals surface area contributed by atoms with E-state index in [1.807, 2.05) is 30.3 Å². The number of esters is 1. The first kappa shape index (κ1) is 25.5. The van der Waals surface area contributed by atoms with E-state index in [0.29, 0.717) is 47.7 Å². The maximum Gasteiger partial charge on any atom is 0.338 e. The standard InChI is InChI=1S/C27H23BrN2O5S/c1-5-13-35-20-10-8-7-9-17(20)15-22-25(31)30-24(18-11-12-21(33-4)19(28)14-18)23(26(32)34-6-2)16(3)29-27(30)36-22/h1,7-12,14-15,24H,6,13H2,2-4H3/b22-15-/t24-/m1/s1. The number of aromatic nitrogens is 1. The minimum absolute atomic E-state index is 0.112. The molecule has 0 saturated carbocycles. The number of carbonyl (C=O) groups is 1. The second-order valence-corrected chi connectivity index (χ2v) is 9.59. The summed E-state index contributed by atoms with van der Waals surface area (Å²) in [6.07, 6.45) is 7.09. The zero-order valence-electron chi connectivity index (χ0n) is 19.9. The fourth-order valence-electron chi connectivity index (χ4n) is 3.95. The molecule has 1 aromatic heterocycles. The van der Waals surface area contributed by atoms with Crippen LogP contribution in [-0.2, 0) is 9.53 Å². The van der Waals surface area contributed by atoms with Crippen molar-refractivity contribution in [3.63, 3.8) is 0 Å². The number of allylic oxidation sites excluding steroid dienone is 1. The molecule has 0 saturated heterocycles. The Morgan fingerprint density at radius 1 is 1.28 bits per heavy atom. The number of carbonyl (C=O) groups excluding carboxylic acids is 1. The highest BCUT2D eigenvalue weighted by Gasteiger charge is 2.33. The predicted molar refractivity (Wildman–Crippen MR) is 142 cm³/mol. The lowest BCUT2D eigenvalue weighted by atomic mass is 9.96. The average molecular weight is 567 g/mol. The van der Waals surface area contributed by atoms with Crippen LogP contribution in [0.4, 0.5) is 0 Å². The monoisotopic (exact) mass is 566 g/mol. The van der Waals surface area contributed by atoms with Crippen LogP contribution in [-0.4, -0.2) is 30.9 Å². The van der Waals surface area contributed by atoms with Gasteiger partial charge in [-0.05, 0) is 59.6 Å². The molecule has 4 rings (SSSR count). The molecule has 9 heteroatoms. The zero-order valence-corrected chi connectivity index (χ0v) is 22.3. The minimum atomic E-state index is -0.724. The second-order valence-electron chi connectivity index (χ2n) is 7.73. The number of halogens is 1. The van der Waals surface area contributed by atoms with E-state index in [0.717, 1.165) is 0 Å². The third-order valence-corrected chi connectivity index (χ3v) is 7.13. The van der Waals surface area contributed by atoms with Crippen molar-refractivity contribution in [2.45, 2.75) is 19.9 Å². The van der Waals surface area contributed by atoms with Crippen molar-refractivity contribution in [2.24, 2.45) is 4.99 Å². The number of nitrogens with zero attached hydrogens (tertiary/aromatic N) is 2. The number of methoxy groups -OCH3 is 1. The maximum atomic E-state index is 13.8. The molecular formula is C27H23BrN2O5S. The van der Waals surface area contributed by atoms with Gasteiger partial charge in [0.25, 0.3) is 5.56 Å². The van der Waals surface area contributed by atoms with Gasteiger partial charge in [-0.3, -0.25) is 9.36 Å². The highest BCUT2D eigenvalue weighted by molar-refractivity contribution is 9.10. The van der Waals surface area contributed by atoms with E-state index >= 15 is 0 Å². The Morgan fingerprint density at radius 3 is 2.75 bits per heavy atom. The molecule has 2 heterocycles. The number of hydrogen-bond acceptors (Lipinski definition) is 7. The van der Waals surface area contributed by atoms with Crippen LogP contribution in [0.2, 0.25) is 0 Å². The fourth-order valence-corrected chi connectivity index (χ4v) is 5.55. The molecule has 0 fully saturated rings. The number of benzene rings is 2. The molecule has 0 bridgehead atoms. The van der Waals surface area contributed by atoms with Gasteiger partial charge in [0.05, 0.1) is 40.0 Å². The van der Waals surface area contributed by atoms with E-state index in [4.69, 9.17) is 20.6 Å². The van der Waals surface area contributed by atoms with Crippen molar-refractivity contribution in [3.05, 3.63) is 89.0 Å². The lowest BCUT2D eigenvalue weighted by Gasteiger charge is -2.25. The van der Waals surface area contributed by atoms with Crippen LogP contribution < -0.4 is 24.4 Å². The molecule has 0 unspecified atom stereocenters. The van der Waals surface area contributed by atoms with Gasteiger partial charge in [0.2, 0.25) is 0 Å². The van der Waals surface area contributed by atoms with E-state index < -0.39 is 12.0 Å². The van der Waals surface area contributed by atoms with Gasteiger partial charge in [-0.15, -0.1) is 6.42 Å². The molecule has 0 amide bonds. The maximum absolute atomic E-state index is 13.8. The lowest BCUT2D eigenvalue weighted by molar-refractivity contribution is -0.139. The summed E-state index contributed by atoms with van der Waals surface area (Å²) in [6.45, 7) is 3.80. The second kappa shape index (κ2) is 11.0. The topological polar surface area (TPSA) is 79.1 Å². The molecular weight excluding hydrogens is 544 g/mol. The molecule has 0 radical (unpaired) electrons. The first-order chi connectivity index (χ1) is 17.4. The Balaban J connectivity index is 1.94. The van der Waals surface area contributed by atoms with Gasteiger partial charge in [0.15, 0.2) is 4.80 Å². The van der Waals surface area contributed by atoms with E-state index in [1.165, 1.54) is 15.9 Å². The van der Waals surface area contributed by atoms with Crippen LogP contribution >= 0.6 is 27.3 Å². The Labute approximate surface area is 220 Å². The third-order valence-electron chi connectivity index (χ3n) is 5.53. The van der Waals surface area contributed by atoms with Gasteiger partial charge in [-0.25, -0.2) is 9.79 Å². The number of para-hydroxylation sites is 1. The highest BCUT2D eigenvalue weighted by Crippen LogP contribution is 2.35. The molecule has 36 heavy (non-hydrogen) atoms. The molecule has 0 spiro atoms. The van der Waals surface area contributed by atoms with Gasteiger partial charge < -0.3 is 14.2 Å². The number of fused-ring (bicyclic) bond motifs is 1. The van der Waals surface area contributed by atoms with E-state index in [9.17, 15) is 9.59 Å². The third kappa shape index (κ3) is 4.87. The van der Waals surface area contributed by atoms with Crippen LogP contribution in [0.15, 0.2) is 68.0 Å². The predicted octanol–water partition coefficient (Wildman–Crippen LogP) is 3.58. The normalized spacial score (nSPS) is 15.1. The quantitative estimate of drug-likeness (QED) is 0.322. The van der Waals surface area contributed by atoms with Gasteiger partial charge in [-0.1, -0.05) is 41.5 Å². The van der Waals surface area contributed by atoms with Gasteiger partial charge in [0, 0.05) is 5.56 Å². The molecule has 7 nitrogen and oxygen atoms in total. The van der Waals surface area contributed by atoms with Crippen LogP contribution in [0, 0.1) is 12.3 Å². The summed E-state index contributed by atoms with van der Waals surface area (Å²) in [5.74, 6) is 3.14. The lowest BCUT2D eigenvalue weighted by Crippen LogP contribution is -2.40. The van der Waals surface area contributed by atoms with Crippen LogP contribution in [0.1, 0.15) is 31.0 Å². The Kier molecular flexibility index (Phi) is 7.77. The van der Waals surface area contributed by atoms with Crippen molar-refractivity contribution in [1.82, 2.24) is 4.57 Å². The zero-order chi connectivity index (χ0) is 25.8. The summed E-state index contributed by atoms with van der Waals surface area (Å²) >= 11 is 4.75. The Morgan fingerprint density at radius 2 is 2.06 bits per heavy atom. The summed E-state index contributed by atoms with van der Waals surface area (Å²) in [5.41, 5.74) is 1.95. The Hall–Kier alpha value is -3.61. The van der Waals surface area contributed by atoms with Gasteiger partial charge in [-0.2, -0.15) is 0 Å². The van der Waals surface area contributed by atoms with Crippen LogP contribution in [0.3, 0.4) is 0 Å². The molecule has 2 aromatic carbocycles. The van der Waals surface area contributed by atoms with Crippen molar-refractivity contribution in [1.29, 1.82) is 0 Å². The number of hydrogen-bond donors (Lipinski definition) is 0. The van der Waals surface area contributed by atoms with Crippen molar-refractivity contribution in [3.8, 4) is 23.8 Å². The van der Waals surface area contributed by atoms with E-state index in [1.54, 1.807) is 39.2 Å². The largest absolute Gasteiger partial charge is 0.496 e. The average Bonchev–Trinajstić information content (AvgIpc) is 3.16. The summed E-state index contributed by atoms with van der Waals surface area (Å²) < 4.78 is 19.0. The minimum Gasteiger partial charge on any atom is -0.496 e. The molecule has 1 atom stereocenters. The first-order valence-electron chi connectivity index (χ1n) is 11.1. The molecule has 1 aliphatic rings. The summed E-state index contributed by atoms with van der Waals surface area (Å²) in [5, 5.41) is 0. The van der Waals surface area contributed by atoms with Crippen molar-refractivity contribution >= 4 is 39.3 Å². The van der Waals surface area contributed by atoms with E-state index in [-0.39, 0.29) is 18.8 Å². The highest BCUT2D eigenvalue weighted by atomic mass is 79.9. The van der Waals surface area contributed by atoms with Crippen molar-refractivity contribution in [2.75, 3.05) is 20.3 Å². The number of thiazole rings is 1. The first-order valence-corrected chi connectivity index (χ1v) is 12.7. The van der Waals surface area contributed by atoms with Gasteiger partial charge >= 0.3 is 5.97 Å². The van der Waals surface area contributed by atoms with Crippen LogP contribution in [0.5, 0.6) is 11.5 Å². The van der Waals surface area contributed by atoms with Gasteiger partial charge in [0.1, 0.15) is 18.1 Å². The summed E-state index contributed by atoms with van der Waals surface area (Å²) in [4.78, 5) is 31.9. The Bertz CT molecular complexity index is 1580. The number of ether oxygens (including phenoxy) is 3.